The molecule has 4 rings (SSSR count). The standard InChI is InChI=1S/C20H27FN2O.ClH/c21-17-3-1-2-16(13-17)12-15-4-10-23(11-5-15)19(24)18-14-20(18)6-8-22-9-7-20;/h1-3,13,15,18,22H,4-12,14H2;1H. The van der Waals surface area contributed by atoms with Crippen molar-refractivity contribution < 1.29 is 9.18 Å². The van der Waals surface area contributed by atoms with E-state index >= 15 is 0 Å². The highest BCUT2D eigenvalue weighted by Gasteiger charge is 2.58. The van der Waals surface area contributed by atoms with Crippen LogP contribution in [0.15, 0.2) is 24.3 Å². The number of nitrogens with one attached hydrogen (secondary N) is 1. The van der Waals surface area contributed by atoms with Crippen molar-refractivity contribution in [2.24, 2.45) is 17.3 Å². The number of benzene rings is 1. The maximum Gasteiger partial charge on any atom is 0.226 e. The van der Waals surface area contributed by atoms with Gasteiger partial charge in [-0.1, -0.05) is 12.1 Å². The van der Waals surface area contributed by atoms with Gasteiger partial charge in [0, 0.05) is 19.0 Å². The van der Waals surface area contributed by atoms with Crippen LogP contribution in [0.3, 0.4) is 0 Å². The SMILES string of the molecule is Cl.O=C(C1CC12CCNCC2)N1CCC(Cc2cccc(F)c2)CC1. The minimum atomic E-state index is -0.152. The van der Waals surface area contributed by atoms with E-state index in [0.29, 0.717) is 23.2 Å². The third kappa shape index (κ3) is 4.01. The lowest BCUT2D eigenvalue weighted by Crippen LogP contribution is -2.41. The Hall–Kier alpha value is -1.13. The number of carbonyl (C=O) groups excluding carboxylic acids is 1. The van der Waals surface area contributed by atoms with E-state index in [4.69, 9.17) is 0 Å². The maximum atomic E-state index is 13.3. The number of hydrogen-bond acceptors (Lipinski definition) is 2. The van der Waals surface area contributed by atoms with Gasteiger partial charge in [0.15, 0.2) is 0 Å². The second kappa shape index (κ2) is 7.63. The Morgan fingerprint density at radius 2 is 1.96 bits per heavy atom. The zero-order valence-corrected chi connectivity index (χ0v) is 15.5. The van der Waals surface area contributed by atoms with Gasteiger partial charge in [-0.2, -0.15) is 0 Å². The van der Waals surface area contributed by atoms with Crippen LogP contribution >= 0.6 is 12.4 Å². The Bertz CT molecular complexity index is 609. The van der Waals surface area contributed by atoms with Gasteiger partial charge < -0.3 is 10.2 Å². The molecule has 138 valence electrons. The predicted octanol–water partition coefficient (Wildman–Crippen LogP) is 3.42. The molecule has 1 aromatic rings. The summed E-state index contributed by atoms with van der Waals surface area (Å²) in [4.78, 5) is 14.9. The van der Waals surface area contributed by atoms with E-state index in [-0.39, 0.29) is 18.2 Å². The zero-order valence-electron chi connectivity index (χ0n) is 14.7. The van der Waals surface area contributed by atoms with E-state index in [2.05, 4.69) is 10.2 Å². The predicted molar refractivity (Wildman–Crippen MR) is 99.3 cm³/mol. The van der Waals surface area contributed by atoms with Crippen molar-refractivity contribution in [2.75, 3.05) is 26.2 Å². The summed E-state index contributed by atoms with van der Waals surface area (Å²) >= 11 is 0. The molecule has 25 heavy (non-hydrogen) atoms. The minimum Gasteiger partial charge on any atom is -0.342 e. The topological polar surface area (TPSA) is 32.3 Å². The van der Waals surface area contributed by atoms with E-state index in [9.17, 15) is 9.18 Å². The van der Waals surface area contributed by atoms with Gasteiger partial charge in [-0.25, -0.2) is 4.39 Å². The number of amides is 1. The second-order valence-electron chi connectivity index (χ2n) is 7.97. The average Bonchev–Trinajstić information content (AvgIpc) is 3.28. The van der Waals surface area contributed by atoms with Crippen molar-refractivity contribution >= 4 is 18.3 Å². The van der Waals surface area contributed by atoms with Crippen LogP contribution < -0.4 is 5.32 Å². The van der Waals surface area contributed by atoms with Crippen LogP contribution in [0.4, 0.5) is 4.39 Å². The molecule has 5 heteroatoms. The summed E-state index contributed by atoms with van der Waals surface area (Å²) in [7, 11) is 0. The molecule has 3 nitrogen and oxygen atoms in total. The second-order valence-corrected chi connectivity index (χ2v) is 7.97. The minimum absolute atomic E-state index is 0. The molecule has 1 amide bonds. The fourth-order valence-electron chi connectivity index (χ4n) is 4.75. The highest BCUT2D eigenvalue weighted by Crippen LogP contribution is 2.59. The Balaban J connectivity index is 0.00000182. The fraction of sp³-hybridized carbons (Fsp3) is 0.650. The van der Waals surface area contributed by atoms with Gasteiger partial charge in [-0.3, -0.25) is 4.79 Å². The summed E-state index contributed by atoms with van der Waals surface area (Å²) in [6, 6.07) is 6.93. The molecule has 1 atom stereocenters. The van der Waals surface area contributed by atoms with Crippen LogP contribution in [0.25, 0.3) is 0 Å². The van der Waals surface area contributed by atoms with Gasteiger partial charge in [0.25, 0.3) is 0 Å². The Morgan fingerprint density at radius 3 is 2.64 bits per heavy atom. The van der Waals surface area contributed by atoms with Crippen molar-refractivity contribution in [3.63, 3.8) is 0 Å². The van der Waals surface area contributed by atoms with Gasteiger partial charge in [0.2, 0.25) is 5.91 Å². The molecule has 2 aliphatic heterocycles. The van der Waals surface area contributed by atoms with Crippen molar-refractivity contribution in [1.29, 1.82) is 0 Å². The molecule has 3 fully saturated rings. The fourth-order valence-corrected chi connectivity index (χ4v) is 4.75. The van der Waals surface area contributed by atoms with Gasteiger partial charge in [0.05, 0.1) is 0 Å². The van der Waals surface area contributed by atoms with Crippen molar-refractivity contribution in [3.8, 4) is 0 Å². The molecule has 1 saturated carbocycles. The molecule has 0 aromatic heterocycles. The Morgan fingerprint density at radius 1 is 1.24 bits per heavy atom. The third-order valence-electron chi connectivity index (χ3n) is 6.43. The van der Waals surface area contributed by atoms with E-state index in [0.717, 1.165) is 57.4 Å². The quantitative estimate of drug-likeness (QED) is 0.889. The number of likely N-dealkylation sites (tertiary alicyclic amines) is 1. The molecule has 1 aliphatic carbocycles. The number of halogens is 2. The number of carbonyl (C=O) groups is 1. The maximum absolute atomic E-state index is 13.3. The monoisotopic (exact) mass is 366 g/mol. The van der Waals surface area contributed by atoms with Crippen LogP contribution in [-0.4, -0.2) is 37.0 Å². The van der Waals surface area contributed by atoms with Crippen LogP contribution in [0, 0.1) is 23.1 Å². The molecule has 1 aromatic carbocycles. The van der Waals surface area contributed by atoms with Crippen molar-refractivity contribution in [1.82, 2.24) is 10.2 Å². The molecule has 1 spiro atoms. The highest BCUT2D eigenvalue weighted by atomic mass is 35.5. The molecule has 0 bridgehead atoms. The number of rotatable bonds is 3. The van der Waals surface area contributed by atoms with E-state index in [1.165, 1.54) is 18.9 Å². The highest BCUT2D eigenvalue weighted by molar-refractivity contribution is 5.85. The first kappa shape index (κ1) is 18.7. The molecular formula is C20H28ClFN2O. The summed E-state index contributed by atoms with van der Waals surface area (Å²) in [5.74, 6) is 1.12. The van der Waals surface area contributed by atoms with Crippen LogP contribution in [0.2, 0.25) is 0 Å². The first-order chi connectivity index (χ1) is 11.7. The van der Waals surface area contributed by atoms with Crippen molar-refractivity contribution in [2.45, 2.75) is 38.5 Å². The van der Waals surface area contributed by atoms with Crippen LogP contribution in [0.5, 0.6) is 0 Å². The number of piperidine rings is 2. The third-order valence-corrected chi connectivity index (χ3v) is 6.43. The lowest BCUT2D eigenvalue weighted by Gasteiger charge is -2.33. The van der Waals surface area contributed by atoms with E-state index in [1.54, 1.807) is 12.1 Å². The lowest BCUT2D eigenvalue weighted by molar-refractivity contribution is -0.135. The van der Waals surface area contributed by atoms with Gasteiger partial charge in [0.1, 0.15) is 5.82 Å². The largest absolute Gasteiger partial charge is 0.342 e. The first-order valence-electron chi connectivity index (χ1n) is 9.40. The number of hydrogen-bond donors (Lipinski definition) is 1. The normalized spacial score (nSPS) is 25.5. The lowest BCUT2D eigenvalue weighted by atomic mass is 9.89. The molecule has 1 N–H and O–H groups in total. The van der Waals surface area contributed by atoms with Crippen molar-refractivity contribution in [3.05, 3.63) is 35.6 Å². The van der Waals surface area contributed by atoms with Gasteiger partial charge in [-0.15, -0.1) is 12.4 Å². The average molecular weight is 367 g/mol. The first-order valence-corrected chi connectivity index (χ1v) is 9.40. The molecule has 2 saturated heterocycles. The van der Waals surface area contributed by atoms with Crippen LogP contribution in [0.1, 0.15) is 37.7 Å². The molecule has 0 radical (unpaired) electrons. The zero-order chi connectivity index (χ0) is 16.6. The summed E-state index contributed by atoms with van der Waals surface area (Å²) in [5, 5.41) is 3.40. The summed E-state index contributed by atoms with van der Waals surface area (Å²) in [5.41, 5.74) is 1.41. The Labute approximate surface area is 155 Å². The summed E-state index contributed by atoms with van der Waals surface area (Å²) < 4.78 is 13.3. The van der Waals surface area contributed by atoms with E-state index < -0.39 is 0 Å². The summed E-state index contributed by atoms with van der Waals surface area (Å²) in [6.45, 7) is 3.90. The van der Waals surface area contributed by atoms with Gasteiger partial charge >= 0.3 is 0 Å². The van der Waals surface area contributed by atoms with Crippen LogP contribution in [-0.2, 0) is 11.2 Å². The Kier molecular flexibility index (Phi) is 5.69. The number of nitrogens with zero attached hydrogens (tertiary/aromatic N) is 1. The summed E-state index contributed by atoms with van der Waals surface area (Å²) in [6.07, 6.45) is 6.46. The van der Waals surface area contributed by atoms with Gasteiger partial charge in [-0.05, 0) is 80.6 Å². The van der Waals surface area contributed by atoms with E-state index in [1.807, 2.05) is 6.07 Å². The molecule has 2 heterocycles. The molecular weight excluding hydrogens is 339 g/mol. The molecule has 1 unspecified atom stereocenters. The molecule has 3 aliphatic rings. The smallest absolute Gasteiger partial charge is 0.226 e.